The average molecular weight is 458 g/mol. The van der Waals surface area contributed by atoms with Crippen LogP contribution in [-0.2, 0) is 22.5 Å². The first kappa shape index (κ1) is 22.1. The maximum absolute atomic E-state index is 11.6. The SMILES string of the molecule is CCN(Cc1cccc(CC(=O)OC)c1)C1CCN(c2nc3ccc(Cl)cc3s2)CC1. The van der Waals surface area contributed by atoms with Crippen molar-refractivity contribution in [1.29, 1.82) is 0 Å². The van der Waals surface area contributed by atoms with Crippen molar-refractivity contribution < 1.29 is 9.53 Å². The van der Waals surface area contributed by atoms with E-state index in [0.29, 0.717) is 12.5 Å². The summed E-state index contributed by atoms with van der Waals surface area (Å²) in [5, 5.41) is 1.85. The molecule has 0 radical (unpaired) electrons. The highest BCUT2D eigenvalue weighted by Crippen LogP contribution is 2.32. The Labute approximate surface area is 192 Å². The zero-order chi connectivity index (χ0) is 21.8. The van der Waals surface area contributed by atoms with E-state index in [9.17, 15) is 4.79 Å². The van der Waals surface area contributed by atoms with Crippen LogP contribution in [0, 0.1) is 0 Å². The lowest BCUT2D eigenvalue weighted by molar-refractivity contribution is -0.139. The Morgan fingerprint density at radius 1 is 1.23 bits per heavy atom. The van der Waals surface area contributed by atoms with Crippen molar-refractivity contribution in [2.75, 3.05) is 31.6 Å². The maximum Gasteiger partial charge on any atom is 0.309 e. The Bertz CT molecular complexity index is 1050. The van der Waals surface area contributed by atoms with Crippen LogP contribution in [0.3, 0.4) is 0 Å². The summed E-state index contributed by atoms with van der Waals surface area (Å²) in [7, 11) is 1.43. The molecule has 164 valence electrons. The number of thiazole rings is 1. The van der Waals surface area contributed by atoms with Gasteiger partial charge in [0.05, 0.1) is 23.7 Å². The van der Waals surface area contributed by atoms with Crippen LogP contribution in [0.5, 0.6) is 0 Å². The number of halogens is 1. The standard InChI is InChI=1S/C24H28ClN3O2S/c1-3-27(16-18-6-4-5-17(13-18)14-23(29)30-2)20-9-11-28(12-10-20)24-26-21-8-7-19(25)15-22(21)31-24/h4-8,13,15,20H,3,9-12,14,16H2,1-2H3. The van der Waals surface area contributed by atoms with E-state index in [0.717, 1.165) is 65.0 Å². The smallest absolute Gasteiger partial charge is 0.309 e. The molecule has 0 atom stereocenters. The summed E-state index contributed by atoms with van der Waals surface area (Å²) in [6.07, 6.45) is 2.56. The summed E-state index contributed by atoms with van der Waals surface area (Å²) in [5.74, 6) is -0.200. The van der Waals surface area contributed by atoms with E-state index in [-0.39, 0.29) is 5.97 Å². The molecule has 2 aromatic carbocycles. The van der Waals surface area contributed by atoms with Gasteiger partial charge in [0.2, 0.25) is 0 Å². The van der Waals surface area contributed by atoms with Crippen LogP contribution in [0.2, 0.25) is 5.02 Å². The van der Waals surface area contributed by atoms with Crippen molar-refractivity contribution in [3.05, 3.63) is 58.6 Å². The Kier molecular flexibility index (Phi) is 7.10. The molecule has 0 amide bonds. The molecule has 4 rings (SSSR count). The minimum Gasteiger partial charge on any atom is -0.469 e. The number of esters is 1. The molecule has 31 heavy (non-hydrogen) atoms. The van der Waals surface area contributed by atoms with Crippen LogP contribution in [0.25, 0.3) is 10.2 Å². The molecule has 0 unspecified atom stereocenters. The van der Waals surface area contributed by atoms with Gasteiger partial charge in [0.25, 0.3) is 0 Å². The van der Waals surface area contributed by atoms with Crippen molar-refractivity contribution in [2.45, 2.75) is 38.8 Å². The molecule has 1 fully saturated rings. The van der Waals surface area contributed by atoms with Gasteiger partial charge in [-0.15, -0.1) is 0 Å². The lowest BCUT2D eigenvalue weighted by Gasteiger charge is -2.38. The van der Waals surface area contributed by atoms with E-state index in [2.05, 4.69) is 28.9 Å². The fraction of sp³-hybridized carbons (Fsp3) is 0.417. The fourth-order valence-electron chi connectivity index (χ4n) is 4.25. The van der Waals surface area contributed by atoms with Crippen LogP contribution >= 0.6 is 22.9 Å². The molecule has 0 saturated carbocycles. The summed E-state index contributed by atoms with van der Waals surface area (Å²) in [6.45, 7) is 6.15. The summed E-state index contributed by atoms with van der Waals surface area (Å²) in [4.78, 5) is 21.4. The molecule has 1 aliphatic rings. The lowest BCUT2D eigenvalue weighted by Crippen LogP contribution is -2.44. The summed E-state index contributed by atoms with van der Waals surface area (Å²) in [5.41, 5.74) is 3.27. The molecule has 7 heteroatoms. The third-order valence-corrected chi connectivity index (χ3v) is 7.26. The fourth-order valence-corrected chi connectivity index (χ4v) is 5.55. The van der Waals surface area contributed by atoms with Gasteiger partial charge in [-0.05, 0) is 48.7 Å². The molecule has 1 saturated heterocycles. The van der Waals surface area contributed by atoms with E-state index in [1.54, 1.807) is 11.3 Å². The molecule has 3 aromatic rings. The average Bonchev–Trinajstić information content (AvgIpc) is 3.21. The number of carbonyl (C=O) groups is 1. The number of fused-ring (bicyclic) bond motifs is 1. The van der Waals surface area contributed by atoms with Crippen LogP contribution in [0.1, 0.15) is 30.9 Å². The van der Waals surface area contributed by atoms with Crippen LogP contribution in [0.15, 0.2) is 42.5 Å². The normalized spacial score (nSPS) is 15.0. The summed E-state index contributed by atoms with van der Waals surface area (Å²) < 4.78 is 5.94. The number of hydrogen-bond acceptors (Lipinski definition) is 6. The highest BCUT2D eigenvalue weighted by molar-refractivity contribution is 7.22. The number of ether oxygens (including phenoxy) is 1. The van der Waals surface area contributed by atoms with Gasteiger partial charge in [0.15, 0.2) is 5.13 Å². The number of piperidine rings is 1. The zero-order valence-corrected chi connectivity index (χ0v) is 19.6. The van der Waals surface area contributed by atoms with Crippen molar-refractivity contribution in [2.24, 2.45) is 0 Å². The third-order valence-electron chi connectivity index (χ3n) is 5.95. The van der Waals surface area contributed by atoms with E-state index in [4.69, 9.17) is 21.3 Å². The van der Waals surface area contributed by atoms with Crippen LogP contribution in [-0.4, -0.2) is 48.6 Å². The van der Waals surface area contributed by atoms with E-state index < -0.39 is 0 Å². The van der Waals surface area contributed by atoms with Crippen LogP contribution in [0.4, 0.5) is 5.13 Å². The molecule has 1 aliphatic heterocycles. The quantitative estimate of drug-likeness (QED) is 0.459. The molecule has 5 nitrogen and oxygen atoms in total. The van der Waals surface area contributed by atoms with Crippen molar-refractivity contribution in [3.8, 4) is 0 Å². The highest BCUT2D eigenvalue weighted by atomic mass is 35.5. The topological polar surface area (TPSA) is 45.7 Å². The largest absolute Gasteiger partial charge is 0.469 e. The van der Waals surface area contributed by atoms with Crippen molar-refractivity contribution >= 4 is 44.3 Å². The molecule has 1 aromatic heterocycles. The number of rotatable bonds is 7. The number of anilines is 1. The monoisotopic (exact) mass is 457 g/mol. The first-order chi connectivity index (χ1) is 15.1. The lowest BCUT2D eigenvalue weighted by atomic mass is 10.0. The maximum atomic E-state index is 11.6. The minimum atomic E-state index is -0.200. The molecule has 0 aliphatic carbocycles. The first-order valence-electron chi connectivity index (χ1n) is 10.8. The second kappa shape index (κ2) is 9.98. The number of hydrogen-bond donors (Lipinski definition) is 0. The van der Waals surface area contributed by atoms with Gasteiger partial charge in [-0.25, -0.2) is 4.98 Å². The highest BCUT2D eigenvalue weighted by Gasteiger charge is 2.25. The van der Waals surface area contributed by atoms with Crippen molar-refractivity contribution in [3.63, 3.8) is 0 Å². The molecular formula is C24H28ClN3O2S. The second-order valence-corrected chi connectivity index (χ2v) is 9.41. The Hall–Kier alpha value is -2.15. The van der Waals surface area contributed by atoms with Gasteiger partial charge in [-0.2, -0.15) is 0 Å². The van der Waals surface area contributed by atoms with Gasteiger partial charge in [0.1, 0.15) is 0 Å². The minimum absolute atomic E-state index is 0.200. The van der Waals surface area contributed by atoms with Gasteiger partial charge in [-0.3, -0.25) is 9.69 Å². The summed E-state index contributed by atoms with van der Waals surface area (Å²) in [6, 6.07) is 14.7. The van der Waals surface area contributed by atoms with E-state index >= 15 is 0 Å². The Balaban J connectivity index is 1.37. The number of methoxy groups -OCH3 is 1. The van der Waals surface area contributed by atoms with Gasteiger partial charge >= 0.3 is 5.97 Å². The number of nitrogens with zero attached hydrogens (tertiary/aromatic N) is 3. The predicted molar refractivity (Wildman–Crippen MR) is 128 cm³/mol. The van der Waals surface area contributed by atoms with E-state index in [1.807, 2.05) is 30.3 Å². The number of carbonyl (C=O) groups excluding carboxylic acids is 1. The molecule has 0 spiro atoms. The van der Waals surface area contributed by atoms with Gasteiger partial charge < -0.3 is 9.64 Å². The Morgan fingerprint density at radius 2 is 2.00 bits per heavy atom. The van der Waals surface area contributed by atoms with Gasteiger partial charge in [0, 0.05) is 30.7 Å². The third kappa shape index (κ3) is 5.37. The second-order valence-electron chi connectivity index (χ2n) is 7.96. The zero-order valence-electron chi connectivity index (χ0n) is 18.0. The van der Waals surface area contributed by atoms with Gasteiger partial charge in [-0.1, -0.05) is 54.1 Å². The molecule has 0 bridgehead atoms. The van der Waals surface area contributed by atoms with E-state index in [1.165, 1.54) is 12.7 Å². The Morgan fingerprint density at radius 3 is 2.74 bits per heavy atom. The molecule has 0 N–H and O–H groups in total. The van der Waals surface area contributed by atoms with Crippen molar-refractivity contribution in [1.82, 2.24) is 9.88 Å². The first-order valence-corrected chi connectivity index (χ1v) is 11.9. The summed E-state index contributed by atoms with van der Waals surface area (Å²) >= 11 is 7.85. The number of benzene rings is 2. The van der Waals surface area contributed by atoms with Crippen LogP contribution < -0.4 is 4.90 Å². The number of aromatic nitrogens is 1. The molecular weight excluding hydrogens is 430 g/mol. The molecule has 2 heterocycles. The predicted octanol–water partition coefficient (Wildman–Crippen LogP) is 5.16.